The maximum atomic E-state index is 12.3. The molecule has 7 heteroatoms. The van der Waals surface area contributed by atoms with Crippen molar-refractivity contribution in [3.05, 3.63) is 81.0 Å². The Labute approximate surface area is 168 Å². The molecule has 1 heterocycles. The molecule has 2 aromatic carbocycles. The fourth-order valence-electron chi connectivity index (χ4n) is 2.75. The molecule has 1 unspecified atom stereocenters. The summed E-state index contributed by atoms with van der Waals surface area (Å²) >= 11 is 12.4. The summed E-state index contributed by atoms with van der Waals surface area (Å²) < 4.78 is 4.94. The zero-order valence-corrected chi connectivity index (χ0v) is 16.5. The lowest BCUT2D eigenvalue weighted by atomic mass is 9.95. The summed E-state index contributed by atoms with van der Waals surface area (Å²) in [6.07, 6.45) is 0. The van der Waals surface area contributed by atoms with Gasteiger partial charge in [-0.2, -0.15) is 0 Å². The predicted molar refractivity (Wildman–Crippen MR) is 107 cm³/mol. The predicted octanol–water partition coefficient (Wildman–Crippen LogP) is 4.95. The summed E-state index contributed by atoms with van der Waals surface area (Å²) in [4.78, 5) is 17.0. The zero-order valence-electron chi connectivity index (χ0n) is 14.1. The molecule has 0 bridgehead atoms. The Morgan fingerprint density at radius 2 is 1.88 bits per heavy atom. The second kappa shape index (κ2) is 8.58. The molecule has 2 aromatic rings. The van der Waals surface area contributed by atoms with Crippen LogP contribution in [0.15, 0.2) is 64.8 Å². The molecule has 0 aromatic heterocycles. The lowest BCUT2D eigenvalue weighted by Crippen LogP contribution is -2.32. The van der Waals surface area contributed by atoms with Crippen LogP contribution >= 0.6 is 35.6 Å². The normalized spacial score (nSPS) is 16.3. The van der Waals surface area contributed by atoms with Crippen molar-refractivity contribution in [1.82, 2.24) is 5.32 Å². The molecule has 136 valence electrons. The molecule has 1 atom stereocenters. The lowest BCUT2D eigenvalue weighted by Gasteiger charge is -2.26. The van der Waals surface area contributed by atoms with Crippen LogP contribution < -0.4 is 5.32 Å². The van der Waals surface area contributed by atoms with Gasteiger partial charge < -0.3 is 10.1 Å². The van der Waals surface area contributed by atoms with E-state index in [1.807, 2.05) is 43.3 Å². The van der Waals surface area contributed by atoms with Crippen molar-refractivity contribution in [2.24, 2.45) is 4.99 Å². The summed E-state index contributed by atoms with van der Waals surface area (Å²) in [5.41, 5.74) is 2.67. The van der Waals surface area contributed by atoms with Gasteiger partial charge >= 0.3 is 5.97 Å². The molecule has 0 radical (unpaired) electrons. The number of carbonyl (C=O) groups is 1. The highest BCUT2D eigenvalue weighted by atomic mass is 35.5. The summed E-state index contributed by atoms with van der Waals surface area (Å²) in [5, 5.41) is 4.32. The number of hydrogen-bond donors (Lipinski definition) is 1. The molecule has 3 rings (SSSR count). The molecular weight excluding hydrogens is 395 g/mol. The van der Waals surface area contributed by atoms with Crippen LogP contribution in [0.5, 0.6) is 0 Å². The lowest BCUT2D eigenvalue weighted by molar-refractivity contribution is -0.136. The summed E-state index contributed by atoms with van der Waals surface area (Å²) in [7, 11) is 1.35. The number of nitrogens with one attached hydrogen (secondary N) is 1. The number of benzene rings is 2. The molecule has 1 N–H and O–H groups in total. The fraction of sp³-hybridized carbons (Fsp3) is 0.158. The van der Waals surface area contributed by atoms with Crippen LogP contribution in [-0.4, -0.2) is 18.9 Å². The van der Waals surface area contributed by atoms with Gasteiger partial charge in [-0.25, -0.2) is 4.79 Å². The van der Waals surface area contributed by atoms with E-state index in [1.165, 1.54) is 7.11 Å². The van der Waals surface area contributed by atoms with Crippen LogP contribution in [0, 0.1) is 0 Å². The van der Waals surface area contributed by atoms with E-state index in [0.717, 1.165) is 11.1 Å². The second-order valence-corrected chi connectivity index (χ2v) is 6.41. The van der Waals surface area contributed by atoms with Gasteiger partial charge in [0.2, 0.25) is 0 Å². The Morgan fingerprint density at radius 3 is 2.54 bits per heavy atom. The topological polar surface area (TPSA) is 50.7 Å². The molecule has 0 saturated carbocycles. The van der Waals surface area contributed by atoms with Crippen molar-refractivity contribution in [1.29, 1.82) is 0 Å². The van der Waals surface area contributed by atoms with Gasteiger partial charge in [-0.05, 0) is 25.1 Å². The van der Waals surface area contributed by atoms with E-state index in [1.54, 1.807) is 12.1 Å². The van der Waals surface area contributed by atoms with Crippen LogP contribution in [0.4, 0.5) is 0 Å². The number of carbonyl (C=O) groups excluding carboxylic acids is 1. The smallest absolute Gasteiger partial charge is 0.338 e. The Kier molecular flexibility index (Phi) is 6.70. The van der Waals surface area contributed by atoms with Crippen molar-refractivity contribution in [2.45, 2.75) is 13.0 Å². The van der Waals surface area contributed by atoms with Crippen molar-refractivity contribution >= 4 is 47.4 Å². The van der Waals surface area contributed by atoms with Crippen LogP contribution in [0.1, 0.15) is 24.1 Å². The Balaban J connectivity index is 0.00000243. The number of amidine groups is 1. The van der Waals surface area contributed by atoms with E-state index in [0.29, 0.717) is 27.2 Å². The molecule has 0 fully saturated rings. The van der Waals surface area contributed by atoms with Gasteiger partial charge in [0.05, 0.1) is 12.7 Å². The van der Waals surface area contributed by atoms with Crippen molar-refractivity contribution in [3.8, 4) is 0 Å². The third-order valence-electron chi connectivity index (χ3n) is 3.94. The molecule has 0 aliphatic carbocycles. The first-order valence-corrected chi connectivity index (χ1v) is 8.41. The maximum absolute atomic E-state index is 12.3. The maximum Gasteiger partial charge on any atom is 0.338 e. The molecule has 0 spiro atoms. The monoisotopic (exact) mass is 410 g/mol. The molecule has 1 aliphatic heterocycles. The summed E-state index contributed by atoms with van der Waals surface area (Å²) in [6.45, 7) is 1.81. The van der Waals surface area contributed by atoms with Crippen LogP contribution in [0.3, 0.4) is 0 Å². The van der Waals surface area contributed by atoms with Crippen molar-refractivity contribution in [2.75, 3.05) is 7.11 Å². The van der Waals surface area contributed by atoms with E-state index < -0.39 is 12.0 Å². The van der Waals surface area contributed by atoms with Gasteiger partial charge in [-0.3, -0.25) is 4.99 Å². The van der Waals surface area contributed by atoms with Gasteiger partial charge in [0.1, 0.15) is 11.9 Å². The van der Waals surface area contributed by atoms with Crippen LogP contribution in [-0.2, 0) is 9.53 Å². The molecule has 1 aliphatic rings. The minimum atomic E-state index is -0.559. The number of rotatable bonds is 3. The van der Waals surface area contributed by atoms with Crippen molar-refractivity contribution in [3.63, 3.8) is 0 Å². The van der Waals surface area contributed by atoms with E-state index in [4.69, 9.17) is 32.9 Å². The van der Waals surface area contributed by atoms with Gasteiger partial charge in [0.25, 0.3) is 0 Å². The van der Waals surface area contributed by atoms with E-state index in [2.05, 4.69) is 5.32 Å². The minimum Gasteiger partial charge on any atom is -0.466 e. The Hall–Kier alpha value is -2.01. The highest BCUT2D eigenvalue weighted by Crippen LogP contribution is 2.35. The van der Waals surface area contributed by atoms with Gasteiger partial charge in [0.15, 0.2) is 0 Å². The number of nitrogens with zero attached hydrogens (tertiary/aromatic N) is 1. The van der Waals surface area contributed by atoms with Gasteiger partial charge in [-0.15, -0.1) is 12.4 Å². The summed E-state index contributed by atoms with van der Waals surface area (Å²) in [6, 6.07) is 14.1. The molecule has 0 amide bonds. The second-order valence-electron chi connectivity index (χ2n) is 5.57. The number of hydrogen-bond acceptors (Lipinski definition) is 4. The molecule has 0 saturated heterocycles. The van der Waals surface area contributed by atoms with Gasteiger partial charge in [-0.1, -0.05) is 53.5 Å². The number of ether oxygens (including phenoxy) is 1. The van der Waals surface area contributed by atoms with E-state index in [-0.39, 0.29) is 12.4 Å². The molecular formula is C19H17Cl3N2O2. The SMILES string of the molecule is COC(=O)C1=C(C)NC(c2cccc(Cl)c2)=NC1c1ccccc1Cl.Cl. The number of methoxy groups -OCH3 is 1. The quantitative estimate of drug-likeness (QED) is 0.727. The number of halogens is 3. The largest absolute Gasteiger partial charge is 0.466 e. The first-order valence-electron chi connectivity index (χ1n) is 7.65. The average Bonchev–Trinajstić information content (AvgIpc) is 2.61. The first kappa shape index (κ1) is 20.3. The van der Waals surface area contributed by atoms with Crippen molar-refractivity contribution < 1.29 is 9.53 Å². The van der Waals surface area contributed by atoms with Gasteiger partial charge in [0, 0.05) is 26.9 Å². The molecule has 4 nitrogen and oxygen atoms in total. The first-order chi connectivity index (χ1) is 12.0. The Bertz CT molecular complexity index is 894. The third-order valence-corrected chi connectivity index (χ3v) is 4.52. The number of allylic oxidation sites excluding steroid dienone is 1. The van der Waals surface area contributed by atoms with E-state index in [9.17, 15) is 4.79 Å². The standard InChI is InChI=1S/C19H16Cl2N2O2.ClH/c1-11-16(19(24)25-2)17(14-8-3-4-9-15(14)21)23-18(22-11)12-6-5-7-13(20)10-12;/h3-10,17H,1-2H3,(H,22,23);1H. The van der Waals surface area contributed by atoms with Crippen LogP contribution in [0.25, 0.3) is 0 Å². The molecule has 26 heavy (non-hydrogen) atoms. The van der Waals surface area contributed by atoms with E-state index >= 15 is 0 Å². The zero-order chi connectivity index (χ0) is 18.0. The average molecular weight is 412 g/mol. The highest BCUT2D eigenvalue weighted by molar-refractivity contribution is 6.31. The summed E-state index contributed by atoms with van der Waals surface area (Å²) in [5.74, 6) is 0.182. The number of esters is 1. The fourth-order valence-corrected chi connectivity index (χ4v) is 3.18. The van der Waals surface area contributed by atoms with Crippen LogP contribution in [0.2, 0.25) is 10.0 Å². The Morgan fingerprint density at radius 1 is 1.15 bits per heavy atom. The number of aliphatic imine (C=N–C) groups is 1. The highest BCUT2D eigenvalue weighted by Gasteiger charge is 2.31. The third kappa shape index (κ3) is 4.04. The minimum absolute atomic E-state index is 0.